The van der Waals surface area contributed by atoms with Gasteiger partial charge >= 0.3 is 0 Å². The van der Waals surface area contributed by atoms with Gasteiger partial charge in [0.15, 0.2) is 0 Å². The molecule has 0 aromatic rings. The minimum Gasteiger partial charge on any atom is -0.0996 e. The number of hydrogen-bond donors (Lipinski definition) is 0. The third kappa shape index (κ3) is 8.69. The number of hydrogen-bond acceptors (Lipinski definition) is 0. The van der Waals surface area contributed by atoms with Crippen molar-refractivity contribution in [3.63, 3.8) is 0 Å². The summed E-state index contributed by atoms with van der Waals surface area (Å²) < 4.78 is 0. The van der Waals surface area contributed by atoms with E-state index >= 15 is 0 Å². The average molecular weight is 293 g/mol. The fraction of sp³-hybridized carbons (Fsp3) is 0.905. The Morgan fingerprint density at radius 2 is 1.48 bits per heavy atom. The summed E-state index contributed by atoms with van der Waals surface area (Å²) in [4.78, 5) is 0. The lowest BCUT2D eigenvalue weighted by Gasteiger charge is -2.17. The van der Waals surface area contributed by atoms with Gasteiger partial charge in [0.05, 0.1) is 0 Å². The van der Waals surface area contributed by atoms with Gasteiger partial charge in [0.2, 0.25) is 0 Å². The highest BCUT2D eigenvalue weighted by Gasteiger charge is 2.19. The van der Waals surface area contributed by atoms with E-state index in [0.717, 1.165) is 23.7 Å². The Bertz CT molecular complexity index is 276. The van der Waals surface area contributed by atoms with E-state index in [9.17, 15) is 0 Å². The molecule has 0 bridgehead atoms. The lowest BCUT2D eigenvalue weighted by atomic mass is 9.89. The highest BCUT2D eigenvalue weighted by molar-refractivity contribution is 5.05. The number of allylic oxidation sites excluding steroid dienone is 1. The maximum atomic E-state index is 4.24. The van der Waals surface area contributed by atoms with Crippen molar-refractivity contribution in [2.45, 2.75) is 98.3 Å². The van der Waals surface area contributed by atoms with Crippen molar-refractivity contribution in [1.29, 1.82) is 0 Å². The smallest absolute Gasteiger partial charge is 0.0206 e. The molecule has 0 saturated heterocycles. The van der Waals surface area contributed by atoms with Crippen molar-refractivity contribution >= 4 is 0 Å². The molecule has 0 radical (unpaired) electrons. The normalized spacial score (nSPS) is 22.0. The largest absolute Gasteiger partial charge is 0.0996 e. The van der Waals surface area contributed by atoms with Crippen LogP contribution in [0.5, 0.6) is 0 Å². The van der Waals surface area contributed by atoms with Crippen molar-refractivity contribution in [1.82, 2.24) is 0 Å². The van der Waals surface area contributed by atoms with E-state index in [2.05, 4.69) is 34.3 Å². The summed E-state index contributed by atoms with van der Waals surface area (Å²) in [5.74, 6) is 3.59. The fourth-order valence-corrected chi connectivity index (χ4v) is 3.80. The van der Waals surface area contributed by atoms with Gasteiger partial charge in [-0.05, 0) is 49.4 Å². The zero-order valence-corrected chi connectivity index (χ0v) is 15.3. The van der Waals surface area contributed by atoms with Crippen molar-refractivity contribution in [3.05, 3.63) is 12.2 Å². The molecule has 0 N–H and O–H groups in total. The monoisotopic (exact) mass is 292 g/mol. The standard InChI is InChI=1S/C21H40/c1-17(2)9-6-10-18(3)11-7-12-19(4)15-16-21-14-8-13-20(21)5/h17-19,21H,5-16H2,1-4H3. The molecule has 1 saturated carbocycles. The van der Waals surface area contributed by atoms with E-state index in [1.165, 1.54) is 70.6 Å². The molecule has 3 unspecified atom stereocenters. The van der Waals surface area contributed by atoms with Crippen molar-refractivity contribution in [2.24, 2.45) is 23.7 Å². The van der Waals surface area contributed by atoms with Crippen LogP contribution in [-0.2, 0) is 0 Å². The van der Waals surface area contributed by atoms with Gasteiger partial charge in [-0.25, -0.2) is 0 Å². The van der Waals surface area contributed by atoms with Gasteiger partial charge < -0.3 is 0 Å². The molecule has 1 aliphatic carbocycles. The first-order valence-corrected chi connectivity index (χ1v) is 9.66. The summed E-state index contributed by atoms with van der Waals surface area (Å²) in [7, 11) is 0. The predicted octanol–water partition coefficient (Wildman–Crippen LogP) is 7.39. The molecule has 0 aromatic carbocycles. The summed E-state index contributed by atoms with van der Waals surface area (Å²) in [5.41, 5.74) is 1.54. The van der Waals surface area contributed by atoms with E-state index in [-0.39, 0.29) is 0 Å². The van der Waals surface area contributed by atoms with Crippen LogP contribution in [0.1, 0.15) is 98.3 Å². The quantitative estimate of drug-likeness (QED) is 0.348. The van der Waals surface area contributed by atoms with Crippen molar-refractivity contribution < 1.29 is 0 Å². The van der Waals surface area contributed by atoms with Crippen LogP contribution in [0.15, 0.2) is 12.2 Å². The van der Waals surface area contributed by atoms with E-state index in [4.69, 9.17) is 0 Å². The predicted molar refractivity (Wildman–Crippen MR) is 96.6 cm³/mol. The molecule has 124 valence electrons. The molecule has 0 aliphatic heterocycles. The van der Waals surface area contributed by atoms with E-state index in [1.54, 1.807) is 5.57 Å². The van der Waals surface area contributed by atoms with Crippen LogP contribution in [0.3, 0.4) is 0 Å². The zero-order chi connectivity index (χ0) is 15.7. The highest BCUT2D eigenvalue weighted by Crippen LogP contribution is 2.34. The van der Waals surface area contributed by atoms with Gasteiger partial charge in [0.25, 0.3) is 0 Å². The molecule has 0 amide bonds. The maximum Gasteiger partial charge on any atom is -0.0206 e. The Balaban J connectivity index is 1.99. The van der Waals surface area contributed by atoms with Gasteiger partial charge in [-0.15, -0.1) is 0 Å². The average Bonchev–Trinajstić information content (AvgIpc) is 2.81. The van der Waals surface area contributed by atoms with E-state index in [0.29, 0.717) is 0 Å². The maximum absolute atomic E-state index is 4.24. The molecule has 0 heterocycles. The summed E-state index contributed by atoms with van der Waals surface area (Å²) in [5, 5.41) is 0. The van der Waals surface area contributed by atoms with Crippen LogP contribution in [0.4, 0.5) is 0 Å². The molecule has 0 nitrogen and oxygen atoms in total. The van der Waals surface area contributed by atoms with Crippen LogP contribution < -0.4 is 0 Å². The topological polar surface area (TPSA) is 0 Å². The second-order valence-electron chi connectivity index (χ2n) is 8.29. The molecule has 0 spiro atoms. The van der Waals surface area contributed by atoms with Gasteiger partial charge in [-0.1, -0.05) is 84.8 Å². The molecular formula is C21H40. The molecule has 1 fully saturated rings. The minimum atomic E-state index is 0.863. The van der Waals surface area contributed by atoms with Crippen molar-refractivity contribution in [2.75, 3.05) is 0 Å². The van der Waals surface area contributed by atoms with Gasteiger partial charge in [-0.2, -0.15) is 0 Å². The Hall–Kier alpha value is -0.260. The van der Waals surface area contributed by atoms with Crippen LogP contribution >= 0.6 is 0 Å². The molecule has 0 aromatic heterocycles. The number of rotatable bonds is 11. The highest BCUT2D eigenvalue weighted by atomic mass is 14.2. The summed E-state index contributed by atoms with van der Waals surface area (Å²) in [6.45, 7) is 13.8. The minimum absolute atomic E-state index is 0.863. The third-order valence-corrected chi connectivity index (χ3v) is 5.51. The SMILES string of the molecule is C=C1CCCC1CCC(C)CCCC(C)CCCC(C)C. The molecule has 3 atom stereocenters. The molecule has 0 heteroatoms. The molecule has 21 heavy (non-hydrogen) atoms. The summed E-state index contributed by atoms with van der Waals surface area (Å²) >= 11 is 0. The van der Waals surface area contributed by atoms with Gasteiger partial charge in [0, 0.05) is 0 Å². The zero-order valence-electron chi connectivity index (χ0n) is 15.3. The Kier molecular flexibility index (Phi) is 9.36. The second-order valence-corrected chi connectivity index (χ2v) is 8.29. The first-order chi connectivity index (χ1) is 9.99. The van der Waals surface area contributed by atoms with Crippen LogP contribution in [-0.4, -0.2) is 0 Å². The third-order valence-electron chi connectivity index (χ3n) is 5.51. The van der Waals surface area contributed by atoms with Gasteiger partial charge in [-0.3, -0.25) is 0 Å². The van der Waals surface area contributed by atoms with E-state index < -0.39 is 0 Å². The van der Waals surface area contributed by atoms with Gasteiger partial charge in [0.1, 0.15) is 0 Å². The fourth-order valence-electron chi connectivity index (χ4n) is 3.80. The van der Waals surface area contributed by atoms with Crippen LogP contribution in [0, 0.1) is 23.7 Å². The molecule has 1 rings (SSSR count). The second kappa shape index (κ2) is 10.5. The summed E-state index contributed by atoms with van der Waals surface area (Å²) in [6.07, 6.45) is 15.5. The Labute approximate surface area is 134 Å². The lowest BCUT2D eigenvalue weighted by Crippen LogP contribution is -2.03. The van der Waals surface area contributed by atoms with E-state index in [1.807, 2.05) is 0 Å². The summed E-state index contributed by atoms with van der Waals surface area (Å²) in [6, 6.07) is 0. The first-order valence-electron chi connectivity index (χ1n) is 9.66. The van der Waals surface area contributed by atoms with Crippen LogP contribution in [0.2, 0.25) is 0 Å². The first kappa shape index (κ1) is 18.8. The Morgan fingerprint density at radius 3 is 2.00 bits per heavy atom. The molecular weight excluding hydrogens is 252 g/mol. The lowest BCUT2D eigenvalue weighted by molar-refractivity contribution is 0.376. The molecule has 1 aliphatic rings. The van der Waals surface area contributed by atoms with Crippen molar-refractivity contribution in [3.8, 4) is 0 Å². The van der Waals surface area contributed by atoms with Crippen LogP contribution in [0.25, 0.3) is 0 Å². The Morgan fingerprint density at radius 1 is 0.905 bits per heavy atom.